The van der Waals surface area contributed by atoms with E-state index < -0.39 is 0 Å². The molecule has 0 radical (unpaired) electrons. The van der Waals surface area contributed by atoms with Crippen molar-refractivity contribution in [1.29, 1.82) is 0 Å². The normalized spacial score (nSPS) is 24.8. The van der Waals surface area contributed by atoms with Crippen LogP contribution in [0.1, 0.15) is 23.5 Å². The molecule has 1 aliphatic rings. The van der Waals surface area contributed by atoms with E-state index in [1.54, 1.807) is 7.11 Å². The Balaban J connectivity index is 2.13. The van der Waals surface area contributed by atoms with Crippen LogP contribution in [0.15, 0.2) is 11.4 Å². The van der Waals surface area contributed by atoms with Gasteiger partial charge < -0.3 is 15.0 Å². The molecule has 0 saturated carbocycles. The van der Waals surface area contributed by atoms with Crippen LogP contribution in [-0.2, 0) is 0 Å². The molecule has 94 valence electrons. The van der Waals surface area contributed by atoms with Crippen LogP contribution in [0.4, 0.5) is 0 Å². The van der Waals surface area contributed by atoms with Crippen molar-refractivity contribution in [3.63, 3.8) is 0 Å². The molecule has 0 spiro atoms. The van der Waals surface area contributed by atoms with Gasteiger partial charge in [-0.1, -0.05) is 0 Å². The molecule has 2 rings (SSSR count). The van der Waals surface area contributed by atoms with Gasteiger partial charge in [-0.15, -0.1) is 11.3 Å². The fourth-order valence-corrected chi connectivity index (χ4v) is 2.83. The molecule has 1 aliphatic heterocycles. The van der Waals surface area contributed by atoms with Gasteiger partial charge in [0.15, 0.2) is 0 Å². The predicted octanol–water partition coefficient (Wildman–Crippen LogP) is 1.58. The number of nitrogens with one attached hydrogen (secondary N) is 1. The molecule has 0 aliphatic carbocycles. The minimum Gasteiger partial charge on any atom is -0.496 e. The predicted molar refractivity (Wildman–Crippen MR) is 68.8 cm³/mol. The number of carbonyl (C=O) groups is 1. The molecular formula is C12H18N2O2S. The van der Waals surface area contributed by atoms with E-state index >= 15 is 0 Å². The first kappa shape index (κ1) is 12.4. The first-order chi connectivity index (χ1) is 8.13. The van der Waals surface area contributed by atoms with Gasteiger partial charge in [0.1, 0.15) is 5.75 Å². The monoisotopic (exact) mass is 254 g/mol. The largest absolute Gasteiger partial charge is 0.496 e. The fourth-order valence-electron chi connectivity index (χ4n) is 2.02. The molecule has 1 N–H and O–H groups in total. The maximum Gasteiger partial charge on any atom is 0.264 e. The number of rotatable bonds is 2. The molecule has 1 amide bonds. The van der Waals surface area contributed by atoms with E-state index in [1.165, 1.54) is 11.3 Å². The molecule has 0 aromatic carbocycles. The minimum absolute atomic E-state index is 0.110. The van der Waals surface area contributed by atoms with Gasteiger partial charge in [0.25, 0.3) is 5.91 Å². The van der Waals surface area contributed by atoms with Crippen LogP contribution in [0.3, 0.4) is 0 Å². The standard InChI is InChI=1S/C12H18N2O2S/c1-8-9(2)14(5-4-13-8)12(15)11-6-10(16-3)7-17-11/h6-9,13H,4-5H2,1-3H3. The number of hydrogen-bond donors (Lipinski definition) is 1. The Labute approximate surface area is 106 Å². The van der Waals surface area contributed by atoms with E-state index in [0.717, 1.165) is 23.7 Å². The number of carbonyl (C=O) groups excluding carboxylic acids is 1. The van der Waals surface area contributed by atoms with Gasteiger partial charge in [0, 0.05) is 36.6 Å². The molecule has 2 atom stereocenters. The summed E-state index contributed by atoms with van der Waals surface area (Å²) in [6.45, 7) is 5.82. The van der Waals surface area contributed by atoms with Crippen LogP contribution in [-0.4, -0.2) is 43.1 Å². The highest BCUT2D eigenvalue weighted by Crippen LogP contribution is 2.24. The Kier molecular flexibility index (Phi) is 3.69. The number of piperazine rings is 1. The summed E-state index contributed by atoms with van der Waals surface area (Å²) in [5, 5.41) is 5.23. The summed E-state index contributed by atoms with van der Waals surface area (Å²) in [6, 6.07) is 2.38. The lowest BCUT2D eigenvalue weighted by molar-refractivity contribution is 0.0608. The quantitative estimate of drug-likeness (QED) is 0.871. The summed E-state index contributed by atoms with van der Waals surface area (Å²) in [4.78, 5) is 15.0. The second-order valence-corrected chi connectivity index (χ2v) is 5.24. The van der Waals surface area contributed by atoms with E-state index in [4.69, 9.17) is 4.74 Å². The van der Waals surface area contributed by atoms with Gasteiger partial charge in [0.05, 0.1) is 12.0 Å². The highest BCUT2D eigenvalue weighted by molar-refractivity contribution is 7.12. The first-order valence-electron chi connectivity index (χ1n) is 5.80. The highest BCUT2D eigenvalue weighted by Gasteiger charge is 2.29. The van der Waals surface area contributed by atoms with Crippen LogP contribution in [0, 0.1) is 0 Å². The SMILES string of the molecule is COc1csc(C(=O)N2CCNC(C)C2C)c1. The molecule has 2 unspecified atom stereocenters. The molecule has 0 bridgehead atoms. The number of ether oxygens (including phenoxy) is 1. The Morgan fingerprint density at radius 3 is 3.00 bits per heavy atom. The minimum atomic E-state index is 0.110. The summed E-state index contributed by atoms with van der Waals surface area (Å²) < 4.78 is 5.11. The lowest BCUT2D eigenvalue weighted by Crippen LogP contribution is -2.57. The zero-order valence-electron chi connectivity index (χ0n) is 10.4. The van der Waals surface area contributed by atoms with Crippen molar-refractivity contribution in [2.75, 3.05) is 20.2 Å². The van der Waals surface area contributed by atoms with Crippen LogP contribution in [0.5, 0.6) is 5.75 Å². The molecular weight excluding hydrogens is 236 g/mol. The van der Waals surface area contributed by atoms with Gasteiger partial charge in [-0.2, -0.15) is 0 Å². The zero-order chi connectivity index (χ0) is 12.4. The summed E-state index contributed by atoms with van der Waals surface area (Å²) in [5.74, 6) is 0.869. The van der Waals surface area contributed by atoms with Crippen molar-refractivity contribution in [2.24, 2.45) is 0 Å². The Bertz CT molecular complexity index is 405. The van der Waals surface area contributed by atoms with Gasteiger partial charge in [-0.05, 0) is 13.8 Å². The average Bonchev–Trinajstić information content (AvgIpc) is 2.80. The van der Waals surface area contributed by atoms with E-state index in [0.29, 0.717) is 6.04 Å². The third-order valence-electron chi connectivity index (χ3n) is 3.32. The second-order valence-electron chi connectivity index (χ2n) is 4.33. The van der Waals surface area contributed by atoms with Crippen LogP contribution >= 0.6 is 11.3 Å². The number of hydrogen-bond acceptors (Lipinski definition) is 4. The number of thiophene rings is 1. The first-order valence-corrected chi connectivity index (χ1v) is 6.68. The van der Waals surface area contributed by atoms with Crippen molar-refractivity contribution in [1.82, 2.24) is 10.2 Å². The summed E-state index contributed by atoms with van der Waals surface area (Å²) in [6.07, 6.45) is 0. The highest BCUT2D eigenvalue weighted by atomic mass is 32.1. The Hall–Kier alpha value is -1.07. The maximum atomic E-state index is 12.3. The van der Waals surface area contributed by atoms with Gasteiger partial charge in [0.2, 0.25) is 0 Å². The molecule has 17 heavy (non-hydrogen) atoms. The molecule has 1 fully saturated rings. The van der Waals surface area contributed by atoms with Crippen molar-refractivity contribution in [3.8, 4) is 5.75 Å². The summed E-state index contributed by atoms with van der Waals surface area (Å²) in [7, 11) is 1.62. The molecule has 5 heteroatoms. The molecule has 2 heterocycles. The Morgan fingerprint density at radius 2 is 2.35 bits per heavy atom. The van der Waals surface area contributed by atoms with E-state index in [1.807, 2.05) is 16.3 Å². The fraction of sp³-hybridized carbons (Fsp3) is 0.583. The maximum absolute atomic E-state index is 12.3. The van der Waals surface area contributed by atoms with E-state index in [9.17, 15) is 4.79 Å². The van der Waals surface area contributed by atoms with Gasteiger partial charge in [-0.25, -0.2) is 0 Å². The third-order valence-corrected chi connectivity index (χ3v) is 4.21. The van der Waals surface area contributed by atoms with Crippen molar-refractivity contribution < 1.29 is 9.53 Å². The van der Waals surface area contributed by atoms with Crippen molar-refractivity contribution >= 4 is 17.2 Å². The zero-order valence-corrected chi connectivity index (χ0v) is 11.2. The molecule has 4 nitrogen and oxygen atoms in total. The topological polar surface area (TPSA) is 41.6 Å². The Morgan fingerprint density at radius 1 is 1.59 bits per heavy atom. The molecule has 1 saturated heterocycles. The van der Waals surface area contributed by atoms with Crippen molar-refractivity contribution in [2.45, 2.75) is 25.9 Å². The number of nitrogens with zero attached hydrogens (tertiary/aromatic N) is 1. The van der Waals surface area contributed by atoms with E-state index in [-0.39, 0.29) is 11.9 Å². The van der Waals surface area contributed by atoms with Crippen LogP contribution in [0.25, 0.3) is 0 Å². The smallest absolute Gasteiger partial charge is 0.264 e. The van der Waals surface area contributed by atoms with Gasteiger partial charge >= 0.3 is 0 Å². The van der Waals surface area contributed by atoms with E-state index in [2.05, 4.69) is 19.2 Å². The number of amides is 1. The van der Waals surface area contributed by atoms with Crippen LogP contribution < -0.4 is 10.1 Å². The summed E-state index contributed by atoms with van der Waals surface area (Å²) in [5.41, 5.74) is 0. The lowest BCUT2D eigenvalue weighted by atomic mass is 10.1. The average molecular weight is 254 g/mol. The van der Waals surface area contributed by atoms with Crippen molar-refractivity contribution in [3.05, 3.63) is 16.3 Å². The van der Waals surface area contributed by atoms with Gasteiger partial charge in [-0.3, -0.25) is 4.79 Å². The number of methoxy groups -OCH3 is 1. The second kappa shape index (κ2) is 5.06. The lowest BCUT2D eigenvalue weighted by Gasteiger charge is -2.38. The molecule has 1 aromatic heterocycles. The molecule has 1 aromatic rings. The van der Waals surface area contributed by atoms with Crippen LogP contribution in [0.2, 0.25) is 0 Å². The summed E-state index contributed by atoms with van der Waals surface area (Å²) >= 11 is 1.44. The third kappa shape index (κ3) is 2.45.